The third kappa shape index (κ3) is 3.18. The van der Waals surface area contributed by atoms with Crippen LogP contribution in [-0.4, -0.2) is 17.0 Å². The van der Waals surface area contributed by atoms with Crippen molar-refractivity contribution in [1.82, 2.24) is 0 Å². The largest absolute Gasteiger partial charge is 0.478 e. The van der Waals surface area contributed by atoms with E-state index in [4.69, 9.17) is 16.7 Å². The van der Waals surface area contributed by atoms with Gasteiger partial charge in [-0.3, -0.25) is 4.79 Å². The third-order valence-electron chi connectivity index (χ3n) is 2.58. The molecule has 0 aliphatic carbocycles. The van der Waals surface area contributed by atoms with Crippen LogP contribution in [-0.2, 0) is 0 Å². The van der Waals surface area contributed by atoms with Gasteiger partial charge in [-0.05, 0) is 30.3 Å². The number of amides is 1. The van der Waals surface area contributed by atoms with Gasteiger partial charge in [-0.2, -0.15) is 0 Å². The second-order valence-electron chi connectivity index (χ2n) is 3.93. The number of anilines is 1. The van der Waals surface area contributed by atoms with Crippen molar-refractivity contribution in [2.75, 3.05) is 5.32 Å². The van der Waals surface area contributed by atoms with Gasteiger partial charge in [0.1, 0.15) is 0 Å². The molecule has 102 valence electrons. The van der Waals surface area contributed by atoms with Crippen LogP contribution in [0, 0.1) is 0 Å². The number of aromatic carboxylic acids is 1. The smallest absolute Gasteiger partial charge is 0.337 e. The Hall–Kier alpha value is -1.85. The summed E-state index contributed by atoms with van der Waals surface area (Å²) in [6.07, 6.45) is 0. The Morgan fingerprint density at radius 2 is 1.80 bits per heavy atom. The molecule has 0 spiro atoms. The Kier molecular flexibility index (Phi) is 4.42. The second-order valence-corrected chi connectivity index (χ2v) is 5.25. The monoisotopic (exact) mass is 353 g/mol. The minimum atomic E-state index is -1.12. The third-order valence-corrected chi connectivity index (χ3v) is 3.40. The van der Waals surface area contributed by atoms with E-state index in [0.29, 0.717) is 9.50 Å². The molecule has 0 heterocycles. The summed E-state index contributed by atoms with van der Waals surface area (Å²) < 4.78 is 0.664. The van der Waals surface area contributed by atoms with Gasteiger partial charge in [0.05, 0.1) is 21.8 Å². The summed E-state index contributed by atoms with van der Waals surface area (Å²) in [5.74, 6) is -1.58. The fourth-order valence-corrected chi connectivity index (χ4v) is 2.22. The average Bonchev–Trinajstić information content (AvgIpc) is 2.38. The molecule has 0 bridgehead atoms. The van der Waals surface area contributed by atoms with Gasteiger partial charge in [0.15, 0.2) is 0 Å². The molecule has 0 atom stereocenters. The standard InChI is InChI=1S/C14H9BrClNO3/c15-8-5-6-10(14(19)20)12(7-8)17-13(18)9-3-1-2-4-11(9)16/h1-7H,(H,17,18)(H,19,20). The molecule has 0 saturated carbocycles. The Morgan fingerprint density at radius 3 is 2.45 bits per heavy atom. The Balaban J connectivity index is 2.35. The maximum atomic E-state index is 12.1. The molecular formula is C14H9BrClNO3. The summed E-state index contributed by atoms with van der Waals surface area (Å²) in [6.45, 7) is 0. The molecule has 0 unspecified atom stereocenters. The second kappa shape index (κ2) is 6.07. The quantitative estimate of drug-likeness (QED) is 0.874. The molecule has 0 saturated heterocycles. The van der Waals surface area contributed by atoms with E-state index in [1.165, 1.54) is 12.1 Å². The number of carboxylic acids is 1. The molecule has 0 aliphatic rings. The molecule has 2 N–H and O–H groups in total. The van der Waals surface area contributed by atoms with Crippen LogP contribution in [0.25, 0.3) is 0 Å². The first-order chi connectivity index (χ1) is 9.49. The van der Waals surface area contributed by atoms with Gasteiger partial charge in [0.2, 0.25) is 0 Å². The molecule has 0 aromatic heterocycles. The summed E-state index contributed by atoms with van der Waals surface area (Å²) in [5.41, 5.74) is 0.496. The van der Waals surface area contributed by atoms with Gasteiger partial charge in [0.25, 0.3) is 5.91 Å². The van der Waals surface area contributed by atoms with E-state index in [9.17, 15) is 9.59 Å². The van der Waals surface area contributed by atoms with Gasteiger partial charge in [-0.25, -0.2) is 4.79 Å². The summed E-state index contributed by atoms with van der Waals surface area (Å²) in [6, 6.07) is 11.1. The summed E-state index contributed by atoms with van der Waals surface area (Å²) in [5, 5.41) is 12.0. The number of nitrogens with one attached hydrogen (secondary N) is 1. The lowest BCUT2D eigenvalue weighted by Gasteiger charge is -2.10. The number of hydrogen-bond acceptors (Lipinski definition) is 2. The topological polar surface area (TPSA) is 66.4 Å². The minimum Gasteiger partial charge on any atom is -0.478 e. The number of halogens is 2. The van der Waals surface area contributed by atoms with E-state index in [2.05, 4.69) is 21.2 Å². The van der Waals surface area contributed by atoms with Crippen LogP contribution in [0.4, 0.5) is 5.69 Å². The minimum absolute atomic E-state index is 0.00797. The summed E-state index contributed by atoms with van der Waals surface area (Å²) in [4.78, 5) is 23.2. The molecule has 0 aliphatic heterocycles. The van der Waals surface area contributed by atoms with Crippen molar-refractivity contribution in [3.63, 3.8) is 0 Å². The Bertz CT molecular complexity index is 688. The van der Waals surface area contributed by atoms with E-state index < -0.39 is 11.9 Å². The number of carboxylic acid groups (broad SMARTS) is 1. The highest BCUT2D eigenvalue weighted by Crippen LogP contribution is 2.23. The van der Waals surface area contributed by atoms with Crippen molar-refractivity contribution in [3.05, 3.63) is 63.1 Å². The molecule has 2 aromatic rings. The van der Waals surface area contributed by atoms with Crippen molar-refractivity contribution < 1.29 is 14.7 Å². The fourth-order valence-electron chi connectivity index (χ4n) is 1.64. The van der Waals surface area contributed by atoms with Gasteiger partial charge >= 0.3 is 5.97 Å². The normalized spacial score (nSPS) is 10.1. The summed E-state index contributed by atoms with van der Waals surface area (Å²) >= 11 is 9.17. The predicted molar refractivity (Wildman–Crippen MR) is 80.5 cm³/mol. The highest BCUT2D eigenvalue weighted by Gasteiger charge is 2.15. The highest BCUT2D eigenvalue weighted by molar-refractivity contribution is 9.10. The number of hydrogen-bond donors (Lipinski definition) is 2. The van der Waals surface area contributed by atoms with Gasteiger partial charge in [-0.15, -0.1) is 0 Å². The van der Waals surface area contributed by atoms with Crippen LogP contribution in [0.15, 0.2) is 46.9 Å². The Morgan fingerprint density at radius 1 is 1.10 bits per heavy atom. The van der Waals surface area contributed by atoms with Crippen molar-refractivity contribution in [1.29, 1.82) is 0 Å². The first-order valence-corrected chi connectivity index (χ1v) is 6.75. The zero-order valence-corrected chi connectivity index (χ0v) is 12.4. The van der Waals surface area contributed by atoms with E-state index >= 15 is 0 Å². The van der Waals surface area contributed by atoms with Gasteiger partial charge < -0.3 is 10.4 Å². The van der Waals surface area contributed by atoms with Crippen molar-refractivity contribution in [3.8, 4) is 0 Å². The van der Waals surface area contributed by atoms with Crippen LogP contribution in [0.1, 0.15) is 20.7 Å². The average molecular weight is 355 g/mol. The SMILES string of the molecule is O=C(Nc1cc(Br)ccc1C(=O)O)c1ccccc1Cl. The van der Waals surface area contributed by atoms with E-state index in [1.807, 2.05) is 0 Å². The first-order valence-electron chi connectivity index (χ1n) is 5.58. The van der Waals surface area contributed by atoms with E-state index in [-0.39, 0.29) is 16.8 Å². The zero-order valence-electron chi connectivity index (χ0n) is 10.1. The summed E-state index contributed by atoms with van der Waals surface area (Å²) in [7, 11) is 0. The molecule has 2 rings (SSSR count). The van der Waals surface area contributed by atoms with Crippen LogP contribution >= 0.6 is 27.5 Å². The van der Waals surface area contributed by atoms with E-state index in [0.717, 1.165) is 0 Å². The Labute approximate surface area is 128 Å². The fraction of sp³-hybridized carbons (Fsp3) is 0. The molecule has 20 heavy (non-hydrogen) atoms. The lowest BCUT2D eigenvalue weighted by Crippen LogP contribution is -2.15. The molecule has 4 nitrogen and oxygen atoms in total. The highest BCUT2D eigenvalue weighted by atomic mass is 79.9. The molecule has 2 aromatic carbocycles. The predicted octanol–water partition coefficient (Wildman–Crippen LogP) is 4.05. The van der Waals surface area contributed by atoms with Crippen molar-refractivity contribution in [2.24, 2.45) is 0 Å². The van der Waals surface area contributed by atoms with Crippen LogP contribution in [0.3, 0.4) is 0 Å². The number of benzene rings is 2. The molecule has 0 fully saturated rings. The van der Waals surface area contributed by atoms with E-state index in [1.54, 1.807) is 30.3 Å². The van der Waals surface area contributed by atoms with Gasteiger partial charge in [-0.1, -0.05) is 39.7 Å². The molecule has 6 heteroatoms. The van der Waals surface area contributed by atoms with Crippen LogP contribution < -0.4 is 5.32 Å². The van der Waals surface area contributed by atoms with Gasteiger partial charge in [0, 0.05) is 4.47 Å². The lowest BCUT2D eigenvalue weighted by molar-refractivity contribution is 0.0698. The van der Waals surface area contributed by atoms with Crippen molar-refractivity contribution in [2.45, 2.75) is 0 Å². The van der Waals surface area contributed by atoms with Crippen molar-refractivity contribution >= 4 is 45.1 Å². The maximum absolute atomic E-state index is 12.1. The number of carbonyl (C=O) groups excluding carboxylic acids is 1. The number of rotatable bonds is 3. The first kappa shape index (κ1) is 14.6. The molecular weight excluding hydrogens is 346 g/mol. The lowest BCUT2D eigenvalue weighted by atomic mass is 10.1. The number of carbonyl (C=O) groups is 2. The zero-order chi connectivity index (χ0) is 14.7. The maximum Gasteiger partial charge on any atom is 0.337 e. The van der Waals surface area contributed by atoms with Crippen LogP contribution in [0.5, 0.6) is 0 Å². The van der Waals surface area contributed by atoms with Crippen LogP contribution in [0.2, 0.25) is 5.02 Å². The molecule has 0 radical (unpaired) electrons. The molecule has 1 amide bonds.